The van der Waals surface area contributed by atoms with Gasteiger partial charge in [0, 0.05) is 18.0 Å². The number of hydrogen-bond acceptors (Lipinski definition) is 6. The van der Waals surface area contributed by atoms with Crippen LogP contribution >= 0.6 is 11.6 Å². The molecular formula is C23H24ClNO6. The average molecular weight is 446 g/mol. The number of amides is 1. The van der Waals surface area contributed by atoms with Gasteiger partial charge in [-0.05, 0) is 49.2 Å². The van der Waals surface area contributed by atoms with E-state index in [0.717, 1.165) is 17.1 Å². The van der Waals surface area contributed by atoms with E-state index in [0.29, 0.717) is 48.9 Å². The van der Waals surface area contributed by atoms with Crippen molar-refractivity contribution in [3.05, 3.63) is 52.5 Å². The Morgan fingerprint density at radius 3 is 2.84 bits per heavy atom. The predicted molar refractivity (Wildman–Crippen MR) is 114 cm³/mol. The third kappa shape index (κ3) is 5.29. The summed E-state index contributed by atoms with van der Waals surface area (Å²) in [6.45, 7) is 3.39. The lowest BCUT2D eigenvalue weighted by Crippen LogP contribution is -2.47. The zero-order valence-corrected chi connectivity index (χ0v) is 18.0. The fourth-order valence-corrected chi connectivity index (χ4v) is 3.81. The Morgan fingerprint density at radius 2 is 2.00 bits per heavy atom. The minimum atomic E-state index is -0.265. The number of morpholine rings is 1. The number of fused-ring (bicyclic) bond motifs is 1. The molecule has 1 unspecified atom stereocenters. The molecular weight excluding hydrogens is 422 g/mol. The van der Waals surface area contributed by atoms with Crippen molar-refractivity contribution in [1.29, 1.82) is 0 Å². The summed E-state index contributed by atoms with van der Waals surface area (Å²) in [4.78, 5) is 26.3. The number of aryl methyl sites for hydroxylation is 1. The molecule has 2 heterocycles. The molecule has 2 aliphatic rings. The van der Waals surface area contributed by atoms with Crippen molar-refractivity contribution in [3.63, 3.8) is 0 Å². The van der Waals surface area contributed by atoms with E-state index in [4.69, 9.17) is 30.5 Å². The first kappa shape index (κ1) is 21.5. The highest BCUT2D eigenvalue weighted by Gasteiger charge is 2.25. The molecule has 0 aliphatic carbocycles. The Morgan fingerprint density at radius 1 is 1.16 bits per heavy atom. The summed E-state index contributed by atoms with van der Waals surface area (Å²) in [6.07, 6.45) is 0.762. The maximum Gasteiger partial charge on any atom is 0.231 e. The first-order valence-corrected chi connectivity index (χ1v) is 10.6. The molecule has 2 aromatic carbocycles. The molecule has 164 valence electrons. The highest BCUT2D eigenvalue weighted by Crippen LogP contribution is 2.32. The molecule has 31 heavy (non-hydrogen) atoms. The second kappa shape index (κ2) is 9.58. The van der Waals surface area contributed by atoms with Gasteiger partial charge in [-0.2, -0.15) is 0 Å². The fraction of sp³-hybridized carbons (Fsp3) is 0.391. The number of hydrogen-bond donors (Lipinski definition) is 0. The monoisotopic (exact) mass is 445 g/mol. The van der Waals surface area contributed by atoms with Crippen LogP contribution < -0.4 is 14.2 Å². The van der Waals surface area contributed by atoms with Gasteiger partial charge in [0.25, 0.3) is 0 Å². The molecule has 1 saturated heterocycles. The number of carbonyl (C=O) groups is 2. The van der Waals surface area contributed by atoms with Crippen LogP contribution in [0, 0.1) is 0 Å². The van der Waals surface area contributed by atoms with E-state index in [1.807, 2.05) is 18.2 Å². The van der Waals surface area contributed by atoms with Gasteiger partial charge >= 0.3 is 0 Å². The summed E-state index contributed by atoms with van der Waals surface area (Å²) in [7, 11) is 0. The van der Waals surface area contributed by atoms with Crippen molar-refractivity contribution in [3.8, 4) is 17.2 Å². The molecule has 7 nitrogen and oxygen atoms in total. The van der Waals surface area contributed by atoms with Gasteiger partial charge in [-0.25, -0.2) is 0 Å². The van der Waals surface area contributed by atoms with Crippen LogP contribution in [0.25, 0.3) is 0 Å². The van der Waals surface area contributed by atoms with E-state index in [-0.39, 0.29) is 31.2 Å². The second-order valence-corrected chi connectivity index (χ2v) is 7.96. The highest BCUT2D eigenvalue weighted by atomic mass is 35.5. The lowest BCUT2D eigenvalue weighted by Gasteiger charge is -2.33. The summed E-state index contributed by atoms with van der Waals surface area (Å²) in [6, 6.07) is 10.7. The largest absolute Gasteiger partial charge is 0.490 e. The van der Waals surface area contributed by atoms with Gasteiger partial charge in [0.2, 0.25) is 12.7 Å². The van der Waals surface area contributed by atoms with Gasteiger partial charge < -0.3 is 23.8 Å². The lowest BCUT2D eigenvalue weighted by molar-refractivity contribution is -0.139. The standard InChI is InChI=1S/C23H24ClNO6/c1-15(26)19-11-17(24)4-6-20(19)29-13-18-12-25(8-9-28-18)23(27)7-3-16-2-5-21-22(10-16)31-14-30-21/h2,4-6,10-11,18H,3,7-9,12-14H2,1H3. The molecule has 1 fully saturated rings. The van der Waals surface area contributed by atoms with E-state index >= 15 is 0 Å². The molecule has 0 N–H and O–H groups in total. The molecule has 0 bridgehead atoms. The number of halogens is 1. The van der Waals surface area contributed by atoms with Crippen molar-refractivity contribution in [1.82, 2.24) is 4.90 Å². The van der Waals surface area contributed by atoms with Gasteiger partial charge in [-0.15, -0.1) is 0 Å². The van der Waals surface area contributed by atoms with E-state index in [2.05, 4.69) is 0 Å². The Hall–Kier alpha value is -2.77. The fourth-order valence-electron chi connectivity index (χ4n) is 3.64. The average Bonchev–Trinajstić information content (AvgIpc) is 3.24. The Bertz CT molecular complexity index is 979. The van der Waals surface area contributed by atoms with Crippen LogP contribution in [-0.2, 0) is 16.0 Å². The molecule has 0 radical (unpaired) electrons. The molecule has 0 aromatic heterocycles. The molecule has 1 atom stereocenters. The Labute approximate surface area is 185 Å². The molecule has 4 rings (SSSR count). The Balaban J connectivity index is 1.29. The van der Waals surface area contributed by atoms with Gasteiger partial charge in [-0.3, -0.25) is 9.59 Å². The predicted octanol–water partition coefficient (Wildman–Crippen LogP) is 3.51. The van der Waals surface area contributed by atoms with Crippen molar-refractivity contribution in [2.45, 2.75) is 25.9 Å². The normalized spacial score (nSPS) is 17.5. The SMILES string of the molecule is CC(=O)c1cc(Cl)ccc1OCC1CN(C(=O)CCc2ccc3c(c2)OCO3)CCO1. The van der Waals surface area contributed by atoms with Gasteiger partial charge in [0.15, 0.2) is 17.3 Å². The van der Waals surface area contributed by atoms with Gasteiger partial charge in [0.1, 0.15) is 18.5 Å². The molecule has 2 aromatic rings. The van der Waals surface area contributed by atoms with Crippen LogP contribution in [0.1, 0.15) is 29.3 Å². The second-order valence-electron chi connectivity index (χ2n) is 7.53. The molecule has 0 saturated carbocycles. The molecule has 2 aliphatic heterocycles. The highest BCUT2D eigenvalue weighted by molar-refractivity contribution is 6.31. The maximum atomic E-state index is 12.7. The summed E-state index contributed by atoms with van der Waals surface area (Å²) in [5.41, 5.74) is 1.46. The summed E-state index contributed by atoms with van der Waals surface area (Å²) >= 11 is 5.98. The van der Waals surface area contributed by atoms with Crippen molar-refractivity contribution >= 4 is 23.3 Å². The number of benzene rings is 2. The number of rotatable bonds is 7. The van der Waals surface area contributed by atoms with Gasteiger partial charge in [0.05, 0.1) is 18.7 Å². The summed E-state index contributed by atoms with van der Waals surface area (Å²) in [5.74, 6) is 1.87. The van der Waals surface area contributed by atoms with Crippen molar-refractivity contribution in [2.75, 3.05) is 33.1 Å². The molecule has 0 spiro atoms. The van der Waals surface area contributed by atoms with E-state index in [1.54, 1.807) is 23.1 Å². The first-order chi connectivity index (χ1) is 15.0. The third-order valence-corrected chi connectivity index (χ3v) is 5.54. The number of ether oxygens (including phenoxy) is 4. The lowest BCUT2D eigenvalue weighted by atomic mass is 10.1. The van der Waals surface area contributed by atoms with Crippen molar-refractivity contribution < 1.29 is 28.5 Å². The zero-order valence-electron chi connectivity index (χ0n) is 17.3. The smallest absolute Gasteiger partial charge is 0.231 e. The quantitative estimate of drug-likeness (QED) is 0.607. The zero-order chi connectivity index (χ0) is 21.8. The third-order valence-electron chi connectivity index (χ3n) is 5.30. The van der Waals surface area contributed by atoms with E-state index in [1.165, 1.54) is 6.92 Å². The number of ketones is 1. The van der Waals surface area contributed by atoms with Crippen molar-refractivity contribution in [2.24, 2.45) is 0 Å². The van der Waals surface area contributed by atoms with Crippen LogP contribution in [0.2, 0.25) is 5.02 Å². The van der Waals surface area contributed by atoms with E-state index < -0.39 is 0 Å². The topological polar surface area (TPSA) is 74.3 Å². The van der Waals surface area contributed by atoms with Crippen LogP contribution in [0.5, 0.6) is 17.2 Å². The van der Waals surface area contributed by atoms with E-state index in [9.17, 15) is 9.59 Å². The number of carbonyl (C=O) groups excluding carboxylic acids is 2. The maximum absolute atomic E-state index is 12.7. The van der Waals surface area contributed by atoms with Crippen LogP contribution in [0.4, 0.5) is 0 Å². The van der Waals surface area contributed by atoms with Crippen LogP contribution in [-0.4, -0.2) is 55.8 Å². The molecule has 8 heteroatoms. The Kier molecular flexibility index (Phi) is 6.63. The van der Waals surface area contributed by atoms with Crippen LogP contribution in [0.3, 0.4) is 0 Å². The summed E-state index contributed by atoms with van der Waals surface area (Å²) < 4.78 is 22.3. The minimum absolute atomic E-state index is 0.0712. The van der Waals surface area contributed by atoms with Gasteiger partial charge in [-0.1, -0.05) is 17.7 Å². The number of Topliss-reactive ketones (excluding diaryl/α,β-unsaturated/α-hetero) is 1. The number of nitrogens with zero attached hydrogens (tertiary/aromatic N) is 1. The first-order valence-electron chi connectivity index (χ1n) is 10.2. The molecule has 1 amide bonds. The van der Waals surface area contributed by atoms with Crippen LogP contribution in [0.15, 0.2) is 36.4 Å². The summed E-state index contributed by atoms with van der Waals surface area (Å²) in [5, 5.41) is 0.477. The minimum Gasteiger partial charge on any atom is -0.490 e.